The second-order valence-electron chi connectivity index (χ2n) is 4.08. The molecule has 0 amide bonds. The van der Waals surface area contributed by atoms with Crippen LogP contribution in [0.4, 0.5) is 0 Å². The number of hydrogen-bond acceptors (Lipinski definition) is 2. The third-order valence-corrected chi connectivity index (χ3v) is 2.10. The van der Waals surface area contributed by atoms with Gasteiger partial charge in [0.2, 0.25) is 0 Å². The summed E-state index contributed by atoms with van der Waals surface area (Å²) in [5.41, 5.74) is 2.01. The van der Waals surface area contributed by atoms with Crippen LogP contribution in [-0.4, -0.2) is 5.54 Å². The molecule has 0 saturated heterocycles. The van der Waals surface area contributed by atoms with Crippen molar-refractivity contribution in [2.24, 2.45) is 0 Å². The molecule has 0 atom stereocenters. The van der Waals surface area contributed by atoms with Crippen LogP contribution in [0.1, 0.15) is 25.0 Å². The Morgan fingerprint density at radius 3 is 2.71 bits per heavy atom. The van der Waals surface area contributed by atoms with Crippen LogP contribution in [-0.2, 0) is 6.54 Å². The van der Waals surface area contributed by atoms with Gasteiger partial charge in [0, 0.05) is 6.54 Å². The summed E-state index contributed by atoms with van der Waals surface area (Å²) in [6.45, 7) is 6.56. The van der Waals surface area contributed by atoms with E-state index in [9.17, 15) is 0 Å². The fourth-order valence-corrected chi connectivity index (χ4v) is 1.18. The molecule has 0 aromatic heterocycles. The maximum absolute atomic E-state index is 8.81. The molecule has 0 bridgehead atoms. The molecule has 74 valence electrons. The minimum atomic E-state index is -0.455. The summed E-state index contributed by atoms with van der Waals surface area (Å²) in [7, 11) is 0. The minimum absolute atomic E-state index is 0.455. The predicted molar refractivity (Wildman–Crippen MR) is 57.7 cm³/mol. The molecule has 0 spiro atoms. The quantitative estimate of drug-likeness (QED) is 0.790. The van der Waals surface area contributed by atoms with E-state index in [-0.39, 0.29) is 0 Å². The molecule has 0 saturated carbocycles. The van der Waals surface area contributed by atoms with E-state index in [1.807, 2.05) is 19.9 Å². The van der Waals surface area contributed by atoms with E-state index in [4.69, 9.17) is 5.26 Å². The number of nitriles is 1. The van der Waals surface area contributed by atoms with Crippen LogP contribution in [0.2, 0.25) is 0 Å². The Kier molecular flexibility index (Phi) is 3.27. The molecular formula is C12H16N2. The van der Waals surface area contributed by atoms with Crippen molar-refractivity contribution < 1.29 is 0 Å². The van der Waals surface area contributed by atoms with Crippen molar-refractivity contribution in [3.05, 3.63) is 35.4 Å². The topological polar surface area (TPSA) is 35.8 Å². The van der Waals surface area contributed by atoms with Gasteiger partial charge in [-0.3, -0.25) is 5.32 Å². The monoisotopic (exact) mass is 188 g/mol. The van der Waals surface area contributed by atoms with Gasteiger partial charge in [-0.2, -0.15) is 5.26 Å². The molecule has 1 aromatic carbocycles. The Morgan fingerprint density at radius 1 is 1.43 bits per heavy atom. The number of nitrogens with zero attached hydrogens (tertiary/aromatic N) is 1. The average Bonchev–Trinajstić information content (AvgIpc) is 2.15. The minimum Gasteiger partial charge on any atom is -0.296 e. The summed E-state index contributed by atoms with van der Waals surface area (Å²) >= 11 is 0. The second kappa shape index (κ2) is 4.26. The lowest BCUT2D eigenvalue weighted by atomic mass is 10.1. The van der Waals surface area contributed by atoms with Crippen molar-refractivity contribution in [3.8, 4) is 6.07 Å². The molecule has 2 heteroatoms. The molecule has 14 heavy (non-hydrogen) atoms. The summed E-state index contributed by atoms with van der Waals surface area (Å²) < 4.78 is 0. The predicted octanol–water partition coefficient (Wildman–Crippen LogP) is 2.39. The van der Waals surface area contributed by atoms with Crippen LogP contribution in [0.3, 0.4) is 0 Å². The zero-order chi connectivity index (χ0) is 10.6. The normalized spacial score (nSPS) is 11.0. The Balaban J connectivity index is 2.59. The molecule has 1 aromatic rings. The first kappa shape index (κ1) is 10.7. The van der Waals surface area contributed by atoms with Gasteiger partial charge in [0.05, 0.1) is 6.07 Å². The van der Waals surface area contributed by atoms with Crippen molar-refractivity contribution >= 4 is 0 Å². The van der Waals surface area contributed by atoms with E-state index in [0.29, 0.717) is 0 Å². The van der Waals surface area contributed by atoms with Gasteiger partial charge < -0.3 is 0 Å². The summed E-state index contributed by atoms with van der Waals surface area (Å²) in [5.74, 6) is 0. The maximum atomic E-state index is 8.81. The van der Waals surface area contributed by atoms with Crippen molar-refractivity contribution in [2.75, 3.05) is 0 Å². The Hall–Kier alpha value is -1.33. The van der Waals surface area contributed by atoms with Crippen molar-refractivity contribution in [2.45, 2.75) is 32.9 Å². The summed E-state index contributed by atoms with van der Waals surface area (Å²) in [6, 6.07) is 10.5. The Labute approximate surface area is 85.6 Å². The van der Waals surface area contributed by atoms with E-state index >= 15 is 0 Å². The van der Waals surface area contributed by atoms with Crippen LogP contribution < -0.4 is 5.32 Å². The Bertz CT molecular complexity index is 348. The highest BCUT2D eigenvalue weighted by Crippen LogP contribution is 2.06. The molecule has 0 aliphatic carbocycles. The highest BCUT2D eigenvalue weighted by molar-refractivity contribution is 5.22. The Morgan fingerprint density at radius 2 is 2.14 bits per heavy atom. The number of nitrogens with one attached hydrogen (secondary N) is 1. The van der Waals surface area contributed by atoms with E-state index < -0.39 is 5.54 Å². The van der Waals surface area contributed by atoms with Crippen LogP contribution in [0.15, 0.2) is 24.3 Å². The largest absolute Gasteiger partial charge is 0.296 e. The third-order valence-electron chi connectivity index (χ3n) is 2.10. The lowest BCUT2D eigenvalue weighted by Gasteiger charge is -2.17. The molecule has 0 fully saturated rings. The summed E-state index contributed by atoms with van der Waals surface area (Å²) in [4.78, 5) is 0. The maximum Gasteiger partial charge on any atom is 0.101 e. The average molecular weight is 188 g/mol. The fourth-order valence-electron chi connectivity index (χ4n) is 1.18. The molecule has 0 aliphatic rings. The van der Waals surface area contributed by atoms with Gasteiger partial charge in [-0.05, 0) is 26.3 Å². The van der Waals surface area contributed by atoms with Gasteiger partial charge in [-0.25, -0.2) is 0 Å². The first-order valence-electron chi connectivity index (χ1n) is 4.75. The zero-order valence-electron chi connectivity index (χ0n) is 8.96. The van der Waals surface area contributed by atoms with Gasteiger partial charge >= 0.3 is 0 Å². The number of rotatable bonds is 3. The van der Waals surface area contributed by atoms with Crippen LogP contribution in [0.5, 0.6) is 0 Å². The van der Waals surface area contributed by atoms with Crippen molar-refractivity contribution in [1.82, 2.24) is 5.32 Å². The fraction of sp³-hybridized carbons (Fsp3) is 0.417. The SMILES string of the molecule is Cc1cccc(CNC(C)(C)C#N)c1. The van der Waals surface area contributed by atoms with E-state index in [0.717, 1.165) is 6.54 Å². The molecule has 0 aliphatic heterocycles. The van der Waals surface area contributed by atoms with Gasteiger partial charge in [0.1, 0.15) is 5.54 Å². The molecule has 0 radical (unpaired) electrons. The lowest BCUT2D eigenvalue weighted by molar-refractivity contribution is 0.485. The number of aryl methyl sites for hydroxylation is 1. The van der Waals surface area contributed by atoms with Gasteiger partial charge in [0.25, 0.3) is 0 Å². The standard InChI is InChI=1S/C12H16N2/c1-10-5-4-6-11(7-10)8-14-12(2,3)9-13/h4-7,14H,8H2,1-3H3. The highest BCUT2D eigenvalue weighted by Gasteiger charge is 2.14. The lowest BCUT2D eigenvalue weighted by Crippen LogP contribution is -2.36. The smallest absolute Gasteiger partial charge is 0.101 e. The van der Waals surface area contributed by atoms with Crippen LogP contribution in [0, 0.1) is 18.3 Å². The molecule has 1 rings (SSSR count). The van der Waals surface area contributed by atoms with Gasteiger partial charge in [-0.1, -0.05) is 29.8 Å². The summed E-state index contributed by atoms with van der Waals surface area (Å²) in [5, 5.41) is 12.0. The van der Waals surface area contributed by atoms with Gasteiger partial charge in [-0.15, -0.1) is 0 Å². The van der Waals surface area contributed by atoms with Crippen LogP contribution >= 0.6 is 0 Å². The zero-order valence-corrected chi connectivity index (χ0v) is 8.96. The second-order valence-corrected chi connectivity index (χ2v) is 4.08. The molecule has 0 unspecified atom stereocenters. The van der Waals surface area contributed by atoms with Crippen LogP contribution in [0.25, 0.3) is 0 Å². The molecule has 1 N–H and O–H groups in total. The molecular weight excluding hydrogens is 172 g/mol. The number of hydrogen-bond donors (Lipinski definition) is 1. The molecule has 2 nitrogen and oxygen atoms in total. The van der Waals surface area contributed by atoms with Crippen molar-refractivity contribution in [3.63, 3.8) is 0 Å². The van der Waals surface area contributed by atoms with E-state index in [1.165, 1.54) is 11.1 Å². The third kappa shape index (κ3) is 3.20. The number of benzene rings is 1. The first-order valence-corrected chi connectivity index (χ1v) is 4.75. The van der Waals surface area contributed by atoms with E-state index in [1.54, 1.807) is 0 Å². The molecule has 0 heterocycles. The van der Waals surface area contributed by atoms with E-state index in [2.05, 4.69) is 36.5 Å². The first-order chi connectivity index (χ1) is 6.53. The summed E-state index contributed by atoms with van der Waals surface area (Å²) in [6.07, 6.45) is 0. The highest BCUT2D eigenvalue weighted by atomic mass is 14.9. The van der Waals surface area contributed by atoms with Crippen molar-refractivity contribution in [1.29, 1.82) is 5.26 Å². The van der Waals surface area contributed by atoms with Gasteiger partial charge in [0.15, 0.2) is 0 Å².